The molecular formula is C19H17FN8O. The van der Waals surface area contributed by atoms with Gasteiger partial charge in [-0.1, -0.05) is 0 Å². The van der Waals surface area contributed by atoms with Gasteiger partial charge in [-0.15, -0.1) is 10.2 Å². The molecule has 0 saturated heterocycles. The Bertz CT molecular complexity index is 1320. The van der Waals surface area contributed by atoms with Gasteiger partial charge in [0.2, 0.25) is 5.95 Å². The van der Waals surface area contributed by atoms with E-state index in [9.17, 15) is 4.39 Å². The topological polar surface area (TPSA) is 89.3 Å². The summed E-state index contributed by atoms with van der Waals surface area (Å²) >= 11 is 0. The van der Waals surface area contributed by atoms with E-state index >= 15 is 0 Å². The van der Waals surface area contributed by atoms with Crippen molar-refractivity contribution in [2.75, 3.05) is 17.3 Å². The maximum absolute atomic E-state index is 14.4. The van der Waals surface area contributed by atoms with Gasteiger partial charge in [0.1, 0.15) is 23.4 Å². The van der Waals surface area contributed by atoms with Crippen LogP contribution in [-0.4, -0.2) is 36.4 Å². The number of halogens is 1. The number of fused-ring (bicyclic) bond motifs is 2. The molecule has 4 heterocycles. The van der Waals surface area contributed by atoms with E-state index in [4.69, 9.17) is 4.42 Å². The Morgan fingerprint density at radius 2 is 2.14 bits per heavy atom. The molecule has 9 nitrogen and oxygen atoms in total. The SMILES string of the molecule is CN(c1ccn(C)n1)c1cnc(NCc2c(F)ccc3occc23)n2cnnc12. The van der Waals surface area contributed by atoms with Gasteiger partial charge in [-0.2, -0.15) is 5.10 Å². The highest BCUT2D eigenvalue weighted by Gasteiger charge is 2.16. The van der Waals surface area contributed by atoms with Crippen LogP contribution in [0.3, 0.4) is 0 Å². The minimum absolute atomic E-state index is 0.235. The van der Waals surface area contributed by atoms with Crippen molar-refractivity contribution in [1.82, 2.24) is 29.4 Å². The second-order valence-electron chi connectivity index (χ2n) is 6.61. The maximum Gasteiger partial charge on any atom is 0.210 e. The van der Waals surface area contributed by atoms with Crippen LogP contribution < -0.4 is 10.2 Å². The molecule has 0 fully saturated rings. The molecule has 0 unspecified atom stereocenters. The molecule has 0 aliphatic heterocycles. The molecule has 0 bridgehead atoms. The maximum atomic E-state index is 14.4. The summed E-state index contributed by atoms with van der Waals surface area (Å²) < 4.78 is 23.2. The van der Waals surface area contributed by atoms with Crippen molar-refractivity contribution < 1.29 is 8.81 Å². The second-order valence-corrected chi connectivity index (χ2v) is 6.61. The Kier molecular flexibility index (Phi) is 3.90. The lowest BCUT2D eigenvalue weighted by Crippen LogP contribution is -2.14. The third kappa shape index (κ3) is 2.85. The van der Waals surface area contributed by atoms with Crippen LogP contribution >= 0.6 is 0 Å². The van der Waals surface area contributed by atoms with E-state index in [1.54, 1.807) is 40.0 Å². The van der Waals surface area contributed by atoms with Gasteiger partial charge >= 0.3 is 0 Å². The summed E-state index contributed by atoms with van der Waals surface area (Å²) in [6.07, 6.45) is 6.67. The summed E-state index contributed by atoms with van der Waals surface area (Å²) in [5.74, 6) is 0.953. The van der Waals surface area contributed by atoms with Crippen LogP contribution in [0.1, 0.15) is 5.56 Å². The predicted molar refractivity (Wildman–Crippen MR) is 106 cm³/mol. The summed E-state index contributed by atoms with van der Waals surface area (Å²) in [5, 5.41) is 16.5. The van der Waals surface area contributed by atoms with Crippen LogP contribution in [-0.2, 0) is 13.6 Å². The number of furan rings is 1. The first kappa shape index (κ1) is 17.2. The number of benzene rings is 1. The zero-order valence-electron chi connectivity index (χ0n) is 15.7. The van der Waals surface area contributed by atoms with Crippen LogP contribution in [0.25, 0.3) is 16.6 Å². The van der Waals surface area contributed by atoms with E-state index in [2.05, 4.69) is 25.6 Å². The van der Waals surface area contributed by atoms with Crippen LogP contribution in [0.5, 0.6) is 0 Å². The van der Waals surface area contributed by atoms with E-state index in [0.717, 1.165) is 16.9 Å². The minimum atomic E-state index is -0.307. The average molecular weight is 392 g/mol. The third-order valence-electron chi connectivity index (χ3n) is 4.83. The molecule has 0 aliphatic carbocycles. The summed E-state index contributed by atoms with van der Waals surface area (Å²) in [5.41, 5.74) is 2.50. The molecule has 1 aromatic carbocycles. The number of aryl methyl sites for hydroxylation is 1. The van der Waals surface area contributed by atoms with Gasteiger partial charge in [-0.05, 0) is 18.2 Å². The number of aromatic nitrogens is 6. The first-order valence-electron chi connectivity index (χ1n) is 8.92. The van der Waals surface area contributed by atoms with Crippen molar-refractivity contribution in [3.8, 4) is 0 Å². The first-order valence-corrected chi connectivity index (χ1v) is 8.92. The molecular weight excluding hydrogens is 375 g/mol. The molecule has 10 heteroatoms. The van der Waals surface area contributed by atoms with Gasteiger partial charge in [-0.3, -0.25) is 4.68 Å². The van der Waals surface area contributed by atoms with Crippen molar-refractivity contribution in [1.29, 1.82) is 0 Å². The smallest absolute Gasteiger partial charge is 0.210 e. The number of hydrogen-bond donors (Lipinski definition) is 1. The molecule has 29 heavy (non-hydrogen) atoms. The molecule has 0 radical (unpaired) electrons. The quantitative estimate of drug-likeness (QED) is 0.491. The molecule has 0 spiro atoms. The zero-order valence-corrected chi connectivity index (χ0v) is 15.7. The second kappa shape index (κ2) is 6.59. The van der Waals surface area contributed by atoms with Gasteiger partial charge < -0.3 is 14.6 Å². The Labute approximate surface area is 164 Å². The van der Waals surface area contributed by atoms with Crippen molar-refractivity contribution >= 4 is 34.1 Å². The molecule has 0 saturated carbocycles. The van der Waals surface area contributed by atoms with E-state index in [1.165, 1.54) is 6.07 Å². The molecule has 0 atom stereocenters. The summed E-state index contributed by atoms with van der Waals surface area (Å²) in [7, 11) is 3.74. The molecule has 5 rings (SSSR count). The molecule has 1 N–H and O–H groups in total. The lowest BCUT2D eigenvalue weighted by molar-refractivity contribution is 0.603. The molecule has 146 valence electrons. The molecule has 5 aromatic rings. The van der Waals surface area contributed by atoms with Crippen molar-refractivity contribution in [2.45, 2.75) is 6.54 Å². The highest BCUT2D eigenvalue weighted by Crippen LogP contribution is 2.27. The fourth-order valence-corrected chi connectivity index (χ4v) is 3.30. The fourth-order valence-electron chi connectivity index (χ4n) is 3.30. The lowest BCUT2D eigenvalue weighted by Gasteiger charge is -2.17. The Morgan fingerprint density at radius 1 is 1.24 bits per heavy atom. The van der Waals surface area contributed by atoms with E-state index in [-0.39, 0.29) is 12.4 Å². The number of hydrogen-bond acceptors (Lipinski definition) is 7. The predicted octanol–water partition coefficient (Wildman–Crippen LogP) is 3.12. The first-order chi connectivity index (χ1) is 14.1. The number of nitrogens with zero attached hydrogens (tertiary/aromatic N) is 7. The lowest BCUT2D eigenvalue weighted by atomic mass is 10.1. The van der Waals surface area contributed by atoms with Crippen LogP contribution in [0.2, 0.25) is 0 Å². The zero-order chi connectivity index (χ0) is 20.0. The van der Waals surface area contributed by atoms with Gasteiger partial charge in [0, 0.05) is 43.9 Å². The van der Waals surface area contributed by atoms with Gasteiger partial charge in [0.25, 0.3) is 0 Å². The Hall–Kier alpha value is -3.95. The Balaban J connectivity index is 1.48. The van der Waals surface area contributed by atoms with Crippen molar-refractivity contribution in [3.05, 3.63) is 60.6 Å². The van der Waals surface area contributed by atoms with Crippen molar-refractivity contribution in [3.63, 3.8) is 0 Å². The monoisotopic (exact) mass is 392 g/mol. The van der Waals surface area contributed by atoms with Gasteiger partial charge in [0.15, 0.2) is 11.5 Å². The molecule has 4 aromatic heterocycles. The normalized spacial score (nSPS) is 11.4. The fraction of sp³-hybridized carbons (Fsp3) is 0.158. The highest BCUT2D eigenvalue weighted by atomic mass is 19.1. The van der Waals surface area contributed by atoms with Gasteiger partial charge in [0.05, 0.1) is 12.5 Å². The minimum Gasteiger partial charge on any atom is -0.464 e. The molecule has 0 aliphatic rings. The van der Waals surface area contributed by atoms with E-state index in [0.29, 0.717) is 22.7 Å². The average Bonchev–Trinajstić information content (AvgIpc) is 3.46. The largest absolute Gasteiger partial charge is 0.464 e. The van der Waals surface area contributed by atoms with E-state index in [1.807, 2.05) is 31.3 Å². The number of rotatable bonds is 5. The van der Waals surface area contributed by atoms with Crippen LogP contribution in [0.15, 0.2) is 53.7 Å². The van der Waals surface area contributed by atoms with Gasteiger partial charge in [-0.25, -0.2) is 13.8 Å². The summed E-state index contributed by atoms with van der Waals surface area (Å²) in [6.45, 7) is 0.235. The highest BCUT2D eigenvalue weighted by molar-refractivity contribution is 5.81. The summed E-state index contributed by atoms with van der Waals surface area (Å²) in [4.78, 5) is 6.38. The summed E-state index contributed by atoms with van der Waals surface area (Å²) in [6, 6.07) is 6.66. The van der Waals surface area contributed by atoms with E-state index < -0.39 is 0 Å². The molecule has 0 amide bonds. The Morgan fingerprint density at radius 3 is 2.97 bits per heavy atom. The van der Waals surface area contributed by atoms with Crippen LogP contribution in [0.4, 0.5) is 21.8 Å². The number of nitrogens with one attached hydrogen (secondary N) is 1. The van der Waals surface area contributed by atoms with Crippen molar-refractivity contribution in [2.24, 2.45) is 7.05 Å². The number of anilines is 3. The standard InChI is InChI=1S/C19H17FN8O/c1-26-7-5-17(25-26)27(2)15-10-22-19(28-11-23-24-18(15)28)21-9-13-12-6-8-29-16(12)4-3-14(13)20/h3-8,10-11H,9H2,1-2H3,(H,21,22). The third-order valence-corrected chi connectivity index (χ3v) is 4.83. The van der Waals surface area contributed by atoms with Crippen LogP contribution in [0, 0.1) is 5.82 Å².